The fraction of sp³-hybridized carbons (Fsp3) is 0.188. The van der Waals surface area contributed by atoms with E-state index in [1.54, 1.807) is 10.6 Å². The summed E-state index contributed by atoms with van der Waals surface area (Å²) in [6.45, 7) is 5.76. The quantitative estimate of drug-likeness (QED) is 0.760. The Hall–Kier alpha value is -2.21. The monoisotopic (exact) mass is 358 g/mol. The number of imidazole rings is 1. The van der Waals surface area contributed by atoms with E-state index in [4.69, 9.17) is 0 Å². The van der Waals surface area contributed by atoms with Gasteiger partial charge in [0.15, 0.2) is 5.65 Å². The largest absolute Gasteiger partial charge is 0.305 e. The van der Waals surface area contributed by atoms with Crippen LogP contribution in [0.15, 0.2) is 35.1 Å². The molecule has 3 rings (SSSR count). The van der Waals surface area contributed by atoms with Gasteiger partial charge >= 0.3 is 0 Å². The summed E-state index contributed by atoms with van der Waals surface area (Å²) >= 11 is 3.49. The van der Waals surface area contributed by atoms with Gasteiger partial charge in [-0.2, -0.15) is 0 Å². The van der Waals surface area contributed by atoms with E-state index in [-0.39, 0.29) is 5.91 Å². The average molecular weight is 359 g/mol. The summed E-state index contributed by atoms with van der Waals surface area (Å²) in [7, 11) is 0. The van der Waals surface area contributed by atoms with E-state index < -0.39 is 0 Å². The number of halogens is 1. The molecule has 0 spiro atoms. The van der Waals surface area contributed by atoms with Gasteiger partial charge in [0.25, 0.3) is 5.91 Å². The summed E-state index contributed by atoms with van der Waals surface area (Å²) in [5, 5.41) is 2.83. The van der Waals surface area contributed by atoms with E-state index in [9.17, 15) is 4.79 Å². The van der Waals surface area contributed by atoms with Crippen molar-refractivity contribution in [1.82, 2.24) is 14.4 Å². The molecule has 5 nitrogen and oxygen atoms in total. The summed E-state index contributed by atoms with van der Waals surface area (Å²) in [5.41, 5.74) is 4.00. The molecule has 0 saturated heterocycles. The second-order valence-corrected chi connectivity index (χ2v) is 6.13. The normalized spacial score (nSPS) is 10.9. The first-order valence-electron chi connectivity index (χ1n) is 6.84. The number of hydrogen-bond donors (Lipinski definition) is 1. The Morgan fingerprint density at radius 1 is 1.23 bits per heavy atom. The first-order chi connectivity index (χ1) is 10.5. The van der Waals surface area contributed by atoms with Crippen molar-refractivity contribution in [3.05, 3.63) is 57.6 Å². The molecule has 0 aliphatic carbocycles. The number of carbonyl (C=O) groups excluding carboxylic acids is 1. The highest BCUT2D eigenvalue weighted by Crippen LogP contribution is 2.22. The lowest BCUT2D eigenvalue weighted by Gasteiger charge is -2.07. The molecule has 0 fully saturated rings. The number of amides is 1. The maximum atomic E-state index is 12.6. The summed E-state index contributed by atoms with van der Waals surface area (Å²) < 4.78 is 2.67. The zero-order chi connectivity index (χ0) is 15.9. The number of rotatable bonds is 2. The number of nitrogens with one attached hydrogen (secondary N) is 1. The Bertz CT molecular complexity index is 885. The molecule has 0 radical (unpaired) electrons. The molecule has 0 aliphatic heterocycles. The number of aryl methyl sites for hydroxylation is 3. The van der Waals surface area contributed by atoms with E-state index in [0.29, 0.717) is 17.2 Å². The number of fused-ring (bicyclic) bond motifs is 1. The molecule has 0 bridgehead atoms. The van der Waals surface area contributed by atoms with Crippen molar-refractivity contribution in [2.75, 3.05) is 5.32 Å². The van der Waals surface area contributed by atoms with Crippen molar-refractivity contribution in [3.63, 3.8) is 0 Å². The van der Waals surface area contributed by atoms with Gasteiger partial charge in [0.05, 0.1) is 10.2 Å². The first kappa shape index (κ1) is 14.7. The molecule has 0 atom stereocenters. The molecule has 3 heterocycles. The fourth-order valence-corrected chi connectivity index (χ4v) is 3.04. The minimum atomic E-state index is -0.222. The minimum Gasteiger partial charge on any atom is -0.305 e. The van der Waals surface area contributed by atoms with Crippen LogP contribution in [0.2, 0.25) is 0 Å². The Kier molecular flexibility index (Phi) is 3.70. The smallest absolute Gasteiger partial charge is 0.275 e. The van der Waals surface area contributed by atoms with Crippen LogP contribution in [0.4, 0.5) is 5.82 Å². The number of pyridine rings is 2. The van der Waals surface area contributed by atoms with Crippen molar-refractivity contribution < 1.29 is 4.79 Å². The highest BCUT2D eigenvalue weighted by atomic mass is 79.9. The number of carbonyl (C=O) groups is 1. The number of nitrogens with zero attached hydrogens (tertiary/aromatic N) is 3. The number of aromatic nitrogens is 3. The van der Waals surface area contributed by atoms with Crippen LogP contribution in [0.1, 0.15) is 27.3 Å². The Labute approximate surface area is 136 Å². The second kappa shape index (κ2) is 5.53. The third-order valence-electron chi connectivity index (χ3n) is 3.36. The summed E-state index contributed by atoms with van der Waals surface area (Å²) in [6, 6.07) is 5.69. The van der Waals surface area contributed by atoms with Crippen LogP contribution in [-0.2, 0) is 0 Å². The standard InChI is InChI=1S/C16H15BrN4O/c1-9-4-5-18-13(7-9)20-16(22)14-11(3)19-15-12(17)6-10(2)8-21(14)15/h4-8H,1-3H3,(H,18,20,22). The Morgan fingerprint density at radius 2 is 2.00 bits per heavy atom. The van der Waals surface area contributed by atoms with E-state index >= 15 is 0 Å². The van der Waals surface area contributed by atoms with Gasteiger partial charge in [-0.05, 0) is 66.0 Å². The van der Waals surface area contributed by atoms with Crippen LogP contribution >= 0.6 is 15.9 Å². The van der Waals surface area contributed by atoms with Crippen molar-refractivity contribution in [2.24, 2.45) is 0 Å². The van der Waals surface area contributed by atoms with Gasteiger partial charge in [0, 0.05) is 12.4 Å². The fourth-order valence-electron chi connectivity index (χ4n) is 2.40. The molecule has 1 amide bonds. The highest BCUT2D eigenvalue weighted by Gasteiger charge is 2.18. The van der Waals surface area contributed by atoms with Gasteiger partial charge in [-0.3, -0.25) is 9.20 Å². The molecular formula is C16H15BrN4O. The molecule has 112 valence electrons. The SMILES string of the molecule is Cc1ccnc(NC(=O)c2c(C)nc3c(Br)cc(C)cn23)c1. The zero-order valence-electron chi connectivity index (χ0n) is 12.5. The predicted octanol–water partition coefficient (Wildman–Crippen LogP) is 3.67. The average Bonchev–Trinajstić information content (AvgIpc) is 2.75. The highest BCUT2D eigenvalue weighted by molar-refractivity contribution is 9.10. The van der Waals surface area contributed by atoms with Crippen molar-refractivity contribution in [1.29, 1.82) is 0 Å². The first-order valence-corrected chi connectivity index (χ1v) is 7.64. The lowest BCUT2D eigenvalue weighted by Crippen LogP contribution is -2.16. The summed E-state index contributed by atoms with van der Waals surface area (Å²) in [5.74, 6) is 0.312. The molecular weight excluding hydrogens is 344 g/mol. The molecule has 1 N–H and O–H groups in total. The van der Waals surface area contributed by atoms with Gasteiger partial charge in [0.1, 0.15) is 11.5 Å². The van der Waals surface area contributed by atoms with Crippen LogP contribution in [-0.4, -0.2) is 20.3 Å². The van der Waals surface area contributed by atoms with Crippen LogP contribution in [0.3, 0.4) is 0 Å². The minimum absolute atomic E-state index is 0.222. The molecule has 6 heteroatoms. The Morgan fingerprint density at radius 3 is 2.73 bits per heavy atom. The van der Waals surface area contributed by atoms with E-state index in [1.807, 2.05) is 45.2 Å². The zero-order valence-corrected chi connectivity index (χ0v) is 14.1. The lowest BCUT2D eigenvalue weighted by atomic mass is 10.2. The Balaban J connectivity index is 2.06. The number of hydrogen-bond acceptors (Lipinski definition) is 3. The van der Waals surface area contributed by atoms with Gasteiger partial charge in [-0.25, -0.2) is 9.97 Å². The predicted molar refractivity (Wildman–Crippen MR) is 89.3 cm³/mol. The van der Waals surface area contributed by atoms with Crippen LogP contribution < -0.4 is 5.32 Å². The summed E-state index contributed by atoms with van der Waals surface area (Å²) in [4.78, 5) is 21.2. The van der Waals surface area contributed by atoms with E-state index in [1.165, 1.54) is 0 Å². The summed E-state index contributed by atoms with van der Waals surface area (Å²) in [6.07, 6.45) is 3.58. The van der Waals surface area contributed by atoms with Gasteiger partial charge < -0.3 is 5.32 Å². The van der Waals surface area contributed by atoms with Crippen LogP contribution in [0.25, 0.3) is 5.65 Å². The third kappa shape index (κ3) is 2.62. The molecule has 0 saturated carbocycles. The van der Waals surface area contributed by atoms with Gasteiger partial charge in [-0.15, -0.1) is 0 Å². The van der Waals surface area contributed by atoms with Crippen molar-refractivity contribution >= 4 is 33.3 Å². The van der Waals surface area contributed by atoms with Gasteiger partial charge in [-0.1, -0.05) is 0 Å². The molecule has 3 aromatic heterocycles. The van der Waals surface area contributed by atoms with Crippen LogP contribution in [0, 0.1) is 20.8 Å². The second-order valence-electron chi connectivity index (χ2n) is 5.28. The molecule has 0 aromatic carbocycles. The molecule has 0 aliphatic rings. The van der Waals surface area contributed by atoms with Crippen molar-refractivity contribution in [2.45, 2.75) is 20.8 Å². The topological polar surface area (TPSA) is 59.3 Å². The van der Waals surface area contributed by atoms with Crippen LogP contribution in [0.5, 0.6) is 0 Å². The van der Waals surface area contributed by atoms with E-state index in [2.05, 4.69) is 31.2 Å². The third-order valence-corrected chi connectivity index (χ3v) is 3.94. The maximum absolute atomic E-state index is 12.6. The lowest BCUT2D eigenvalue weighted by molar-refractivity contribution is 0.102. The molecule has 0 unspecified atom stereocenters. The molecule has 22 heavy (non-hydrogen) atoms. The maximum Gasteiger partial charge on any atom is 0.275 e. The van der Waals surface area contributed by atoms with Gasteiger partial charge in [0.2, 0.25) is 0 Å². The van der Waals surface area contributed by atoms with E-state index in [0.717, 1.165) is 21.2 Å². The molecule has 3 aromatic rings. The number of anilines is 1. The van der Waals surface area contributed by atoms with Crippen molar-refractivity contribution in [3.8, 4) is 0 Å².